The summed E-state index contributed by atoms with van der Waals surface area (Å²) >= 11 is 5.11. The summed E-state index contributed by atoms with van der Waals surface area (Å²) in [6.45, 7) is 4.09. The summed E-state index contributed by atoms with van der Waals surface area (Å²) in [5.74, 6) is -0.518. The third kappa shape index (κ3) is 4.02. The number of nitrogens with one attached hydrogen (secondary N) is 1. The van der Waals surface area contributed by atoms with Crippen LogP contribution >= 0.6 is 12.2 Å². The number of benzene rings is 1. The zero-order valence-electron chi connectivity index (χ0n) is 13.4. The van der Waals surface area contributed by atoms with Crippen LogP contribution in [0.1, 0.15) is 19.4 Å². The minimum atomic E-state index is -1.07. The maximum absolute atomic E-state index is 12.2. The molecule has 1 aromatic carbocycles. The molecular formula is C16H18N2O5S. The van der Waals surface area contributed by atoms with Crippen molar-refractivity contribution in [1.29, 1.82) is 0 Å². The maximum atomic E-state index is 12.2. The molecule has 7 nitrogen and oxygen atoms in total. The Balaban J connectivity index is 2.26. The van der Waals surface area contributed by atoms with Crippen molar-refractivity contribution < 1.29 is 24.2 Å². The van der Waals surface area contributed by atoms with E-state index in [-0.39, 0.29) is 5.91 Å². The number of thiocarbonyl (C=S) groups is 1. The van der Waals surface area contributed by atoms with E-state index in [9.17, 15) is 9.59 Å². The summed E-state index contributed by atoms with van der Waals surface area (Å²) in [6, 6.07) is 5.00. The minimum absolute atomic E-state index is 0.188. The number of rotatable bonds is 7. The van der Waals surface area contributed by atoms with E-state index in [0.717, 1.165) is 0 Å². The highest BCUT2D eigenvalue weighted by atomic mass is 32.1. The first-order valence-electron chi connectivity index (χ1n) is 7.42. The number of hydrogen-bond donors (Lipinski definition) is 2. The first-order valence-corrected chi connectivity index (χ1v) is 7.83. The van der Waals surface area contributed by atoms with Crippen LogP contribution in [0.3, 0.4) is 0 Å². The quantitative estimate of drug-likeness (QED) is 0.571. The second-order valence-electron chi connectivity index (χ2n) is 4.86. The van der Waals surface area contributed by atoms with Crippen molar-refractivity contribution in [1.82, 2.24) is 10.2 Å². The SMILES string of the molecule is CCOc1cc(/C=C2\NC(=S)N(CC)C2=O)ccc1OCC(=O)O. The van der Waals surface area contributed by atoms with E-state index in [4.69, 9.17) is 26.8 Å². The lowest BCUT2D eigenvalue weighted by atomic mass is 10.1. The van der Waals surface area contributed by atoms with Crippen LogP contribution in [0.2, 0.25) is 0 Å². The highest BCUT2D eigenvalue weighted by Crippen LogP contribution is 2.29. The Bertz CT molecular complexity index is 702. The minimum Gasteiger partial charge on any atom is -0.490 e. The molecule has 128 valence electrons. The number of carboxylic acid groups (broad SMARTS) is 1. The normalized spacial score (nSPS) is 15.6. The maximum Gasteiger partial charge on any atom is 0.341 e. The molecule has 8 heteroatoms. The molecule has 0 radical (unpaired) electrons. The molecule has 0 atom stereocenters. The van der Waals surface area contributed by atoms with E-state index in [1.165, 1.54) is 4.90 Å². The van der Waals surface area contributed by atoms with Crippen LogP contribution in [0, 0.1) is 0 Å². The molecule has 1 aliphatic heterocycles. The highest BCUT2D eigenvalue weighted by molar-refractivity contribution is 7.80. The number of nitrogens with zero attached hydrogens (tertiary/aromatic N) is 1. The zero-order chi connectivity index (χ0) is 17.7. The lowest BCUT2D eigenvalue weighted by molar-refractivity contribution is -0.139. The van der Waals surface area contributed by atoms with Gasteiger partial charge in [-0.15, -0.1) is 0 Å². The summed E-state index contributed by atoms with van der Waals surface area (Å²) < 4.78 is 10.7. The van der Waals surface area contributed by atoms with E-state index in [2.05, 4.69) is 5.32 Å². The summed E-state index contributed by atoms with van der Waals surface area (Å²) in [5, 5.41) is 12.0. The van der Waals surface area contributed by atoms with Crippen LogP contribution in [0.5, 0.6) is 11.5 Å². The number of carboxylic acids is 1. The molecule has 0 saturated carbocycles. The van der Waals surface area contributed by atoms with E-state index < -0.39 is 12.6 Å². The zero-order valence-corrected chi connectivity index (χ0v) is 14.2. The van der Waals surface area contributed by atoms with Crippen LogP contribution in [0.4, 0.5) is 0 Å². The second kappa shape index (κ2) is 7.78. The van der Waals surface area contributed by atoms with Crippen LogP contribution in [-0.2, 0) is 9.59 Å². The Kier molecular flexibility index (Phi) is 5.75. The van der Waals surface area contributed by atoms with Gasteiger partial charge in [-0.3, -0.25) is 9.69 Å². The fraction of sp³-hybridized carbons (Fsp3) is 0.312. The molecule has 1 saturated heterocycles. The fourth-order valence-electron chi connectivity index (χ4n) is 2.17. The topological polar surface area (TPSA) is 88.1 Å². The van der Waals surface area contributed by atoms with Gasteiger partial charge in [-0.1, -0.05) is 6.07 Å². The van der Waals surface area contributed by atoms with Crippen molar-refractivity contribution >= 4 is 35.3 Å². The van der Waals surface area contributed by atoms with Gasteiger partial charge in [0.1, 0.15) is 5.70 Å². The summed E-state index contributed by atoms with van der Waals surface area (Å²) in [7, 11) is 0. The Morgan fingerprint density at radius 2 is 2.08 bits per heavy atom. The van der Waals surface area contributed by atoms with Gasteiger partial charge in [0.25, 0.3) is 5.91 Å². The number of ether oxygens (including phenoxy) is 2. The Labute approximate surface area is 144 Å². The molecule has 0 bridgehead atoms. The summed E-state index contributed by atoms with van der Waals surface area (Å²) in [4.78, 5) is 24.3. The smallest absolute Gasteiger partial charge is 0.341 e. The first kappa shape index (κ1) is 17.7. The Morgan fingerprint density at radius 1 is 1.33 bits per heavy atom. The predicted molar refractivity (Wildman–Crippen MR) is 91.8 cm³/mol. The van der Waals surface area contributed by atoms with Gasteiger partial charge in [-0.25, -0.2) is 4.79 Å². The summed E-state index contributed by atoms with van der Waals surface area (Å²) in [6.07, 6.45) is 1.66. The lowest BCUT2D eigenvalue weighted by Gasteiger charge is -2.11. The molecule has 1 fully saturated rings. The fourth-order valence-corrected chi connectivity index (χ4v) is 2.49. The molecule has 0 aromatic heterocycles. The number of hydrogen-bond acceptors (Lipinski definition) is 5. The largest absolute Gasteiger partial charge is 0.490 e. The third-order valence-corrected chi connectivity index (χ3v) is 3.53. The molecule has 1 aliphatic rings. The average molecular weight is 350 g/mol. The molecular weight excluding hydrogens is 332 g/mol. The monoisotopic (exact) mass is 350 g/mol. The van der Waals surface area contributed by atoms with Gasteiger partial charge in [0.2, 0.25) is 0 Å². The van der Waals surface area contributed by atoms with Gasteiger partial charge >= 0.3 is 5.97 Å². The van der Waals surface area contributed by atoms with Crippen molar-refractivity contribution in [2.75, 3.05) is 19.8 Å². The van der Waals surface area contributed by atoms with Crippen LogP contribution in [0.15, 0.2) is 23.9 Å². The van der Waals surface area contributed by atoms with Crippen molar-refractivity contribution in [3.63, 3.8) is 0 Å². The van der Waals surface area contributed by atoms with Crippen LogP contribution in [-0.4, -0.2) is 46.8 Å². The van der Waals surface area contributed by atoms with E-state index in [1.54, 1.807) is 24.3 Å². The first-order chi connectivity index (χ1) is 11.5. The van der Waals surface area contributed by atoms with Crippen molar-refractivity contribution in [2.24, 2.45) is 0 Å². The van der Waals surface area contributed by atoms with E-state index in [0.29, 0.717) is 41.0 Å². The van der Waals surface area contributed by atoms with Gasteiger partial charge in [0.15, 0.2) is 23.2 Å². The molecule has 1 amide bonds. The molecule has 24 heavy (non-hydrogen) atoms. The Morgan fingerprint density at radius 3 is 2.67 bits per heavy atom. The second-order valence-corrected chi connectivity index (χ2v) is 5.25. The summed E-state index contributed by atoms with van der Waals surface area (Å²) in [5.41, 5.74) is 1.08. The molecule has 1 aromatic rings. The number of aliphatic carboxylic acids is 1. The van der Waals surface area contributed by atoms with Crippen LogP contribution < -0.4 is 14.8 Å². The molecule has 0 aliphatic carbocycles. The van der Waals surface area contributed by atoms with Gasteiger partial charge in [-0.2, -0.15) is 0 Å². The van der Waals surface area contributed by atoms with E-state index in [1.807, 2.05) is 13.8 Å². The number of amides is 1. The Hall–Kier alpha value is -2.61. The highest BCUT2D eigenvalue weighted by Gasteiger charge is 2.29. The molecule has 1 heterocycles. The van der Waals surface area contributed by atoms with Crippen LogP contribution in [0.25, 0.3) is 6.08 Å². The molecule has 2 N–H and O–H groups in total. The lowest BCUT2D eigenvalue weighted by Crippen LogP contribution is -2.30. The number of carbonyl (C=O) groups excluding carboxylic acids is 1. The van der Waals surface area contributed by atoms with Gasteiger partial charge in [0.05, 0.1) is 6.61 Å². The average Bonchev–Trinajstić information content (AvgIpc) is 2.80. The molecule has 0 spiro atoms. The molecule has 2 rings (SSSR count). The standard InChI is InChI=1S/C16H18N2O5S/c1-3-18-15(21)11(17-16(18)24)7-10-5-6-12(23-9-14(19)20)13(8-10)22-4-2/h5-8H,3-4,9H2,1-2H3,(H,17,24)(H,19,20)/b11-7-. The van der Waals surface area contributed by atoms with Gasteiger partial charge < -0.3 is 19.9 Å². The number of carbonyl (C=O) groups is 2. The third-order valence-electron chi connectivity index (χ3n) is 3.21. The predicted octanol–water partition coefficient (Wildman–Crippen LogP) is 1.63. The van der Waals surface area contributed by atoms with Gasteiger partial charge in [0, 0.05) is 6.54 Å². The van der Waals surface area contributed by atoms with Crippen molar-refractivity contribution in [2.45, 2.75) is 13.8 Å². The van der Waals surface area contributed by atoms with Crippen molar-refractivity contribution in [3.05, 3.63) is 29.5 Å². The van der Waals surface area contributed by atoms with Gasteiger partial charge in [-0.05, 0) is 49.8 Å². The number of likely N-dealkylation sites (N-methyl/N-ethyl adjacent to an activating group) is 1. The molecule has 0 unspecified atom stereocenters. The van der Waals surface area contributed by atoms with E-state index >= 15 is 0 Å². The van der Waals surface area contributed by atoms with Crippen molar-refractivity contribution in [3.8, 4) is 11.5 Å².